The van der Waals surface area contributed by atoms with Gasteiger partial charge in [-0.05, 0) is 31.3 Å². The second-order valence-electron chi connectivity index (χ2n) is 2.47. The molecule has 0 radical (unpaired) electrons. The van der Waals surface area contributed by atoms with Crippen LogP contribution in [0.4, 0.5) is 0 Å². The van der Waals surface area contributed by atoms with Crippen molar-refractivity contribution in [3.63, 3.8) is 0 Å². The van der Waals surface area contributed by atoms with Crippen LogP contribution >= 0.6 is 7.92 Å². The van der Waals surface area contributed by atoms with Crippen LogP contribution in [0.3, 0.4) is 0 Å². The van der Waals surface area contributed by atoms with Gasteiger partial charge in [-0.1, -0.05) is 6.92 Å². The van der Waals surface area contributed by atoms with Crippen molar-refractivity contribution < 1.29 is 0 Å². The zero-order valence-electron chi connectivity index (χ0n) is 5.15. The van der Waals surface area contributed by atoms with Crippen molar-refractivity contribution in [3.8, 4) is 0 Å². The van der Waals surface area contributed by atoms with Gasteiger partial charge >= 0.3 is 0 Å². The third-order valence-corrected chi connectivity index (χ3v) is 4.67. The molecule has 1 aliphatic rings. The summed E-state index contributed by atoms with van der Waals surface area (Å²) in [6.45, 7) is 4.81. The van der Waals surface area contributed by atoms with Crippen molar-refractivity contribution in [1.82, 2.24) is 0 Å². The van der Waals surface area contributed by atoms with Gasteiger partial charge in [0.15, 0.2) is 0 Å². The molecule has 2 atom stereocenters. The van der Waals surface area contributed by atoms with E-state index in [1.807, 2.05) is 0 Å². The zero-order valence-corrected chi connectivity index (χ0v) is 6.04. The normalized spacial score (nSPS) is 42.0. The van der Waals surface area contributed by atoms with Crippen LogP contribution in [-0.4, -0.2) is 18.5 Å². The summed E-state index contributed by atoms with van der Waals surface area (Å²) in [6, 6.07) is 0. The van der Waals surface area contributed by atoms with Crippen LogP contribution in [0.1, 0.15) is 19.8 Å². The minimum absolute atomic E-state index is 0.474. The van der Waals surface area contributed by atoms with Crippen molar-refractivity contribution >= 4 is 7.92 Å². The van der Waals surface area contributed by atoms with E-state index in [1.54, 1.807) is 0 Å². The van der Waals surface area contributed by atoms with Crippen LogP contribution in [0.2, 0.25) is 0 Å². The van der Waals surface area contributed by atoms with Crippen molar-refractivity contribution in [1.29, 1.82) is 0 Å². The van der Waals surface area contributed by atoms with Crippen molar-refractivity contribution in [3.05, 3.63) is 0 Å². The second-order valence-corrected chi connectivity index (χ2v) is 5.31. The molecule has 0 bridgehead atoms. The molecular weight excluding hydrogens is 103 g/mol. The monoisotopic (exact) mass is 116 g/mol. The van der Waals surface area contributed by atoms with Crippen molar-refractivity contribution in [2.45, 2.75) is 25.4 Å². The van der Waals surface area contributed by atoms with Gasteiger partial charge in [0.1, 0.15) is 0 Å². The van der Waals surface area contributed by atoms with Gasteiger partial charge in [-0.2, -0.15) is 0 Å². The van der Waals surface area contributed by atoms with E-state index in [9.17, 15) is 0 Å². The largest absolute Gasteiger partial charge is 0.107 e. The lowest BCUT2D eigenvalue weighted by atomic mass is 10.3. The zero-order chi connectivity index (χ0) is 5.28. The van der Waals surface area contributed by atoms with Gasteiger partial charge in [0.2, 0.25) is 0 Å². The van der Waals surface area contributed by atoms with E-state index in [1.165, 1.54) is 19.0 Å². The molecule has 0 aromatic heterocycles. The molecule has 0 spiro atoms. The Labute approximate surface area is 47.1 Å². The lowest BCUT2D eigenvalue weighted by Crippen LogP contribution is -1.87. The van der Waals surface area contributed by atoms with E-state index >= 15 is 0 Å². The molecule has 1 heteroatoms. The molecule has 1 heterocycles. The maximum Gasteiger partial charge on any atom is -0.0240 e. The van der Waals surface area contributed by atoms with Gasteiger partial charge in [0, 0.05) is 0 Å². The first kappa shape index (κ1) is 5.56. The smallest absolute Gasteiger partial charge is 0.0240 e. The van der Waals surface area contributed by atoms with Crippen LogP contribution < -0.4 is 0 Å². The van der Waals surface area contributed by atoms with E-state index in [0.29, 0.717) is 7.92 Å². The first-order valence-electron chi connectivity index (χ1n) is 3.01. The summed E-state index contributed by atoms with van der Waals surface area (Å²) < 4.78 is 0. The summed E-state index contributed by atoms with van der Waals surface area (Å²) in [4.78, 5) is 0. The highest BCUT2D eigenvalue weighted by Crippen LogP contribution is 2.45. The predicted molar refractivity (Wildman–Crippen MR) is 36.4 cm³/mol. The Morgan fingerprint density at radius 1 is 1.57 bits per heavy atom. The Bertz CT molecular complexity index is 53.2. The molecule has 0 amide bonds. The Morgan fingerprint density at radius 3 is 2.43 bits per heavy atom. The van der Waals surface area contributed by atoms with Crippen LogP contribution in [-0.2, 0) is 0 Å². The molecule has 1 saturated heterocycles. The maximum atomic E-state index is 2.42. The summed E-state index contributed by atoms with van der Waals surface area (Å²) in [7, 11) is 0.474. The van der Waals surface area contributed by atoms with Crippen molar-refractivity contribution in [2.75, 3.05) is 12.8 Å². The summed E-state index contributed by atoms with van der Waals surface area (Å²) in [6.07, 6.45) is 4.54. The predicted octanol–water partition coefficient (Wildman–Crippen LogP) is 2.28. The molecule has 0 aromatic carbocycles. The van der Waals surface area contributed by atoms with E-state index in [0.717, 1.165) is 5.66 Å². The molecule has 7 heavy (non-hydrogen) atoms. The number of rotatable bonds is 0. The van der Waals surface area contributed by atoms with E-state index in [4.69, 9.17) is 0 Å². The highest BCUT2D eigenvalue weighted by Gasteiger charge is 2.16. The molecular formula is C6H13P. The van der Waals surface area contributed by atoms with Crippen LogP contribution in [0.25, 0.3) is 0 Å². The standard InChI is InChI=1S/C6H13P/c1-6-4-3-5-7(6)2/h6H,3-5H2,1-2H3/t6-,7-/m0/s1. The molecule has 42 valence electrons. The summed E-state index contributed by atoms with van der Waals surface area (Å²) >= 11 is 0. The maximum absolute atomic E-state index is 2.42. The molecule has 0 N–H and O–H groups in total. The lowest BCUT2D eigenvalue weighted by molar-refractivity contribution is 0.836. The van der Waals surface area contributed by atoms with Gasteiger partial charge in [-0.3, -0.25) is 0 Å². The first-order valence-corrected chi connectivity index (χ1v) is 5.05. The minimum atomic E-state index is 0.474. The first-order chi connectivity index (χ1) is 3.30. The molecule has 0 unspecified atom stereocenters. The third kappa shape index (κ3) is 1.16. The minimum Gasteiger partial charge on any atom is -0.107 e. The van der Waals surface area contributed by atoms with Crippen LogP contribution in [0, 0.1) is 0 Å². The molecule has 0 nitrogen and oxygen atoms in total. The third-order valence-electron chi connectivity index (χ3n) is 1.89. The Morgan fingerprint density at radius 2 is 2.29 bits per heavy atom. The topological polar surface area (TPSA) is 0 Å². The Kier molecular flexibility index (Phi) is 1.69. The van der Waals surface area contributed by atoms with Gasteiger partial charge in [0.25, 0.3) is 0 Å². The van der Waals surface area contributed by atoms with Crippen LogP contribution in [0.15, 0.2) is 0 Å². The van der Waals surface area contributed by atoms with Gasteiger partial charge in [0.05, 0.1) is 0 Å². The fourth-order valence-electron chi connectivity index (χ4n) is 1.08. The molecule has 0 aliphatic carbocycles. The molecule has 1 rings (SSSR count). The van der Waals surface area contributed by atoms with E-state index < -0.39 is 0 Å². The average Bonchev–Trinajstić information content (AvgIpc) is 1.91. The van der Waals surface area contributed by atoms with Gasteiger partial charge < -0.3 is 0 Å². The Hall–Kier alpha value is 0.430. The molecule has 0 aromatic rings. The highest BCUT2D eigenvalue weighted by atomic mass is 31.1. The second kappa shape index (κ2) is 2.13. The summed E-state index contributed by atoms with van der Waals surface area (Å²) in [5, 5.41) is 0. The Balaban J connectivity index is 2.33. The van der Waals surface area contributed by atoms with Gasteiger partial charge in [-0.25, -0.2) is 0 Å². The van der Waals surface area contributed by atoms with Gasteiger partial charge in [-0.15, -0.1) is 7.92 Å². The average molecular weight is 116 g/mol. The van der Waals surface area contributed by atoms with Crippen LogP contribution in [0.5, 0.6) is 0 Å². The lowest BCUT2D eigenvalue weighted by Gasteiger charge is -2.06. The highest BCUT2D eigenvalue weighted by molar-refractivity contribution is 7.57. The molecule has 1 fully saturated rings. The fourth-order valence-corrected chi connectivity index (χ4v) is 2.82. The molecule has 0 saturated carbocycles. The van der Waals surface area contributed by atoms with E-state index in [-0.39, 0.29) is 0 Å². The molecule has 1 aliphatic heterocycles. The SMILES string of the molecule is C[C@H]1CCC[P@]1C. The summed E-state index contributed by atoms with van der Waals surface area (Å²) in [5.41, 5.74) is 1.08. The number of hydrogen-bond acceptors (Lipinski definition) is 0. The number of hydrogen-bond donors (Lipinski definition) is 0. The summed E-state index contributed by atoms with van der Waals surface area (Å²) in [5.74, 6) is 0. The van der Waals surface area contributed by atoms with E-state index in [2.05, 4.69) is 13.6 Å². The fraction of sp³-hybridized carbons (Fsp3) is 1.00. The quantitative estimate of drug-likeness (QED) is 0.426. The van der Waals surface area contributed by atoms with Crippen molar-refractivity contribution in [2.24, 2.45) is 0 Å².